The summed E-state index contributed by atoms with van der Waals surface area (Å²) in [5, 5.41) is 6.00. The van der Waals surface area contributed by atoms with Crippen LogP contribution in [0.5, 0.6) is 0 Å². The molecule has 0 unspecified atom stereocenters. The van der Waals surface area contributed by atoms with Crippen LogP contribution in [0.1, 0.15) is 26.1 Å². The summed E-state index contributed by atoms with van der Waals surface area (Å²) in [5.74, 6) is 1.09. The maximum atomic E-state index is 12.1. The molecule has 1 aromatic carbocycles. The average Bonchev–Trinajstić information content (AvgIpc) is 2.88. The molecule has 108 valence electrons. The molecule has 1 heterocycles. The summed E-state index contributed by atoms with van der Waals surface area (Å²) in [5.41, 5.74) is 1.91. The first-order valence-electron chi connectivity index (χ1n) is 7.04. The highest BCUT2D eigenvalue weighted by Crippen LogP contribution is 2.11. The molecule has 0 saturated carbocycles. The summed E-state index contributed by atoms with van der Waals surface area (Å²) in [4.78, 5) is 19.8. The predicted octanol–water partition coefficient (Wildman–Crippen LogP) is 1.81. The summed E-state index contributed by atoms with van der Waals surface area (Å²) in [6.45, 7) is 4.57. The van der Waals surface area contributed by atoms with Crippen LogP contribution in [-0.4, -0.2) is 29.0 Å². The Bertz CT molecular complexity index is 545. The number of nitrogens with zero attached hydrogens (tertiary/aromatic N) is 1. The lowest BCUT2D eigenvalue weighted by Crippen LogP contribution is -2.46. The highest BCUT2D eigenvalue weighted by Gasteiger charge is 2.21. The Morgan fingerprint density at radius 3 is 2.80 bits per heavy atom. The molecule has 2 aromatic rings. The van der Waals surface area contributed by atoms with Crippen molar-refractivity contribution < 1.29 is 4.79 Å². The molecule has 0 radical (unpaired) electrons. The number of carbonyl (C=O) groups excluding carboxylic acids is 1. The predicted molar refractivity (Wildman–Crippen MR) is 80.2 cm³/mol. The molecule has 0 aliphatic heterocycles. The van der Waals surface area contributed by atoms with Gasteiger partial charge in [0.05, 0.1) is 23.6 Å². The van der Waals surface area contributed by atoms with Gasteiger partial charge in [-0.05, 0) is 25.1 Å². The number of nitrogens with one attached hydrogen (secondary N) is 3. The van der Waals surface area contributed by atoms with Gasteiger partial charge in [0, 0.05) is 0 Å². The zero-order valence-electron chi connectivity index (χ0n) is 12.2. The van der Waals surface area contributed by atoms with Crippen molar-refractivity contribution in [2.24, 2.45) is 5.92 Å². The van der Waals surface area contributed by atoms with Crippen LogP contribution < -0.4 is 10.6 Å². The largest absolute Gasteiger partial charge is 0.348 e. The SMILES string of the molecule is CC[C@@H](C)[C@@H](NC)C(=O)NCc1nc2ccccc2[nH]1. The molecular formula is C15H22N4O. The van der Waals surface area contributed by atoms with Crippen molar-refractivity contribution in [1.82, 2.24) is 20.6 Å². The number of benzene rings is 1. The maximum Gasteiger partial charge on any atom is 0.237 e. The van der Waals surface area contributed by atoms with Crippen LogP contribution in [0.2, 0.25) is 0 Å². The lowest BCUT2D eigenvalue weighted by atomic mass is 9.99. The van der Waals surface area contributed by atoms with E-state index < -0.39 is 0 Å². The number of rotatable bonds is 6. The number of imidazole rings is 1. The Morgan fingerprint density at radius 1 is 1.40 bits per heavy atom. The molecule has 20 heavy (non-hydrogen) atoms. The smallest absolute Gasteiger partial charge is 0.237 e. The monoisotopic (exact) mass is 274 g/mol. The first-order chi connectivity index (χ1) is 9.65. The minimum atomic E-state index is -0.163. The van der Waals surface area contributed by atoms with Crippen molar-refractivity contribution in [1.29, 1.82) is 0 Å². The molecule has 0 bridgehead atoms. The normalized spacial score (nSPS) is 14.2. The molecule has 0 aliphatic rings. The van der Waals surface area contributed by atoms with Crippen LogP contribution >= 0.6 is 0 Å². The number of amides is 1. The number of H-pyrrole nitrogens is 1. The van der Waals surface area contributed by atoms with Crippen molar-refractivity contribution in [3.8, 4) is 0 Å². The molecular weight excluding hydrogens is 252 g/mol. The van der Waals surface area contributed by atoms with Gasteiger partial charge >= 0.3 is 0 Å². The van der Waals surface area contributed by atoms with E-state index >= 15 is 0 Å². The van der Waals surface area contributed by atoms with E-state index in [1.54, 1.807) is 0 Å². The number of aromatic nitrogens is 2. The Hall–Kier alpha value is -1.88. The van der Waals surface area contributed by atoms with Gasteiger partial charge in [0.25, 0.3) is 0 Å². The van der Waals surface area contributed by atoms with Crippen molar-refractivity contribution >= 4 is 16.9 Å². The first-order valence-corrected chi connectivity index (χ1v) is 7.04. The quantitative estimate of drug-likeness (QED) is 0.752. The topological polar surface area (TPSA) is 69.8 Å². The molecule has 0 saturated heterocycles. The van der Waals surface area contributed by atoms with E-state index in [0.717, 1.165) is 23.3 Å². The molecule has 5 heteroatoms. The number of hydrogen-bond donors (Lipinski definition) is 3. The van der Waals surface area contributed by atoms with E-state index in [9.17, 15) is 4.79 Å². The number of aromatic amines is 1. The van der Waals surface area contributed by atoms with Gasteiger partial charge in [-0.1, -0.05) is 32.4 Å². The molecule has 1 aromatic heterocycles. The van der Waals surface area contributed by atoms with Gasteiger partial charge in [0.2, 0.25) is 5.91 Å². The highest BCUT2D eigenvalue weighted by atomic mass is 16.2. The van der Waals surface area contributed by atoms with Crippen LogP contribution in [0.4, 0.5) is 0 Å². The zero-order chi connectivity index (χ0) is 14.5. The number of fused-ring (bicyclic) bond motifs is 1. The zero-order valence-corrected chi connectivity index (χ0v) is 12.2. The van der Waals surface area contributed by atoms with Crippen molar-refractivity contribution in [2.45, 2.75) is 32.9 Å². The standard InChI is InChI=1S/C15H22N4O/c1-4-10(2)14(16-3)15(20)17-9-13-18-11-7-5-6-8-12(11)19-13/h5-8,10,14,16H,4,9H2,1-3H3,(H,17,20)(H,18,19)/t10-,14-/m1/s1. The van der Waals surface area contributed by atoms with Crippen LogP contribution in [0.25, 0.3) is 11.0 Å². The van der Waals surface area contributed by atoms with E-state index in [1.807, 2.05) is 31.3 Å². The van der Waals surface area contributed by atoms with E-state index in [0.29, 0.717) is 12.5 Å². The van der Waals surface area contributed by atoms with Gasteiger partial charge in [-0.25, -0.2) is 4.98 Å². The Morgan fingerprint density at radius 2 is 2.15 bits per heavy atom. The minimum Gasteiger partial charge on any atom is -0.348 e. The van der Waals surface area contributed by atoms with E-state index in [4.69, 9.17) is 0 Å². The first kappa shape index (κ1) is 14.5. The molecule has 0 aliphatic carbocycles. The lowest BCUT2D eigenvalue weighted by molar-refractivity contribution is -0.124. The van der Waals surface area contributed by atoms with Crippen LogP contribution in [-0.2, 0) is 11.3 Å². The Balaban J connectivity index is 1.98. The number of likely N-dealkylation sites (N-methyl/N-ethyl adjacent to an activating group) is 1. The summed E-state index contributed by atoms with van der Waals surface area (Å²) >= 11 is 0. The van der Waals surface area contributed by atoms with Crippen molar-refractivity contribution in [3.05, 3.63) is 30.1 Å². The third-order valence-corrected chi connectivity index (χ3v) is 3.67. The van der Waals surface area contributed by atoms with Crippen LogP contribution in [0.3, 0.4) is 0 Å². The lowest BCUT2D eigenvalue weighted by Gasteiger charge is -2.21. The highest BCUT2D eigenvalue weighted by molar-refractivity contribution is 5.82. The van der Waals surface area contributed by atoms with Crippen LogP contribution in [0, 0.1) is 5.92 Å². The summed E-state index contributed by atoms with van der Waals surface area (Å²) < 4.78 is 0. The van der Waals surface area contributed by atoms with Crippen molar-refractivity contribution in [2.75, 3.05) is 7.05 Å². The van der Waals surface area contributed by atoms with Gasteiger partial charge in [-0.3, -0.25) is 4.79 Å². The van der Waals surface area contributed by atoms with E-state index in [1.165, 1.54) is 0 Å². The molecule has 1 amide bonds. The average molecular weight is 274 g/mol. The second-order valence-corrected chi connectivity index (χ2v) is 5.07. The summed E-state index contributed by atoms with van der Waals surface area (Å²) in [7, 11) is 1.82. The Labute approximate surface area is 119 Å². The van der Waals surface area contributed by atoms with Crippen LogP contribution in [0.15, 0.2) is 24.3 Å². The molecule has 2 rings (SSSR count). The minimum absolute atomic E-state index is 0.0160. The van der Waals surface area contributed by atoms with Gasteiger partial charge in [-0.15, -0.1) is 0 Å². The third kappa shape index (κ3) is 3.17. The van der Waals surface area contributed by atoms with Gasteiger partial charge in [0.1, 0.15) is 5.82 Å². The number of carbonyl (C=O) groups is 1. The summed E-state index contributed by atoms with van der Waals surface area (Å²) in [6, 6.07) is 7.67. The molecule has 0 fully saturated rings. The molecule has 2 atom stereocenters. The number of hydrogen-bond acceptors (Lipinski definition) is 3. The van der Waals surface area contributed by atoms with Crippen molar-refractivity contribution in [3.63, 3.8) is 0 Å². The van der Waals surface area contributed by atoms with Gasteiger partial charge < -0.3 is 15.6 Å². The second kappa shape index (κ2) is 6.52. The maximum absolute atomic E-state index is 12.1. The Kier molecular flexibility index (Phi) is 4.74. The molecule has 5 nitrogen and oxygen atoms in total. The van der Waals surface area contributed by atoms with Gasteiger partial charge in [0.15, 0.2) is 0 Å². The fourth-order valence-corrected chi connectivity index (χ4v) is 2.28. The fourth-order valence-electron chi connectivity index (χ4n) is 2.28. The van der Waals surface area contributed by atoms with Gasteiger partial charge in [-0.2, -0.15) is 0 Å². The fraction of sp³-hybridized carbons (Fsp3) is 0.467. The molecule has 3 N–H and O–H groups in total. The summed E-state index contributed by atoms with van der Waals surface area (Å²) in [6.07, 6.45) is 0.962. The number of para-hydroxylation sites is 2. The van der Waals surface area contributed by atoms with E-state index in [2.05, 4.69) is 34.4 Å². The molecule has 0 spiro atoms. The third-order valence-electron chi connectivity index (χ3n) is 3.67. The van der Waals surface area contributed by atoms with E-state index in [-0.39, 0.29) is 11.9 Å². The second-order valence-electron chi connectivity index (χ2n) is 5.07.